The normalized spacial score (nSPS) is 22.5. The van der Waals surface area contributed by atoms with Gasteiger partial charge in [-0.3, -0.25) is 14.5 Å². The Kier molecular flexibility index (Phi) is 4.57. The fourth-order valence-corrected chi connectivity index (χ4v) is 3.55. The van der Waals surface area contributed by atoms with Crippen LogP contribution in [0.4, 0.5) is 0 Å². The number of fused-ring (bicyclic) bond motifs is 1. The predicted molar refractivity (Wildman–Crippen MR) is 85.9 cm³/mol. The molecule has 0 radical (unpaired) electrons. The second-order valence-electron chi connectivity index (χ2n) is 6.29. The molecule has 1 aromatic rings. The average Bonchev–Trinajstić information content (AvgIpc) is 2.57. The summed E-state index contributed by atoms with van der Waals surface area (Å²) >= 11 is 0. The van der Waals surface area contributed by atoms with Gasteiger partial charge in [0.05, 0.1) is 0 Å². The van der Waals surface area contributed by atoms with Crippen LogP contribution in [0.3, 0.4) is 0 Å². The van der Waals surface area contributed by atoms with Gasteiger partial charge in [0.15, 0.2) is 5.78 Å². The first kappa shape index (κ1) is 15.2. The first-order valence-corrected chi connectivity index (χ1v) is 8.31. The van der Waals surface area contributed by atoms with E-state index in [-0.39, 0.29) is 11.8 Å². The molecule has 2 aliphatic rings. The summed E-state index contributed by atoms with van der Waals surface area (Å²) in [5.41, 5.74) is 2.11. The van der Waals surface area contributed by atoms with Crippen LogP contribution in [0.5, 0.6) is 0 Å². The highest BCUT2D eigenvalue weighted by Gasteiger charge is 2.30. The van der Waals surface area contributed by atoms with Crippen molar-refractivity contribution >= 4 is 11.7 Å². The van der Waals surface area contributed by atoms with Gasteiger partial charge in [-0.25, -0.2) is 0 Å². The zero-order valence-electron chi connectivity index (χ0n) is 13.3. The molecule has 1 unspecified atom stereocenters. The van der Waals surface area contributed by atoms with E-state index in [1.54, 1.807) is 0 Å². The van der Waals surface area contributed by atoms with E-state index in [0.29, 0.717) is 12.2 Å². The van der Waals surface area contributed by atoms with Crippen LogP contribution in [0.1, 0.15) is 35.7 Å². The molecule has 1 aliphatic heterocycles. The van der Waals surface area contributed by atoms with Crippen LogP contribution in [-0.2, 0) is 11.2 Å². The van der Waals surface area contributed by atoms with Gasteiger partial charge in [0.2, 0.25) is 5.91 Å². The van der Waals surface area contributed by atoms with E-state index in [1.807, 2.05) is 30.0 Å². The van der Waals surface area contributed by atoms with E-state index in [0.717, 1.165) is 51.1 Å². The predicted octanol–water partition coefficient (Wildman–Crippen LogP) is 1.99. The van der Waals surface area contributed by atoms with Crippen LogP contribution >= 0.6 is 0 Å². The third-order valence-corrected chi connectivity index (χ3v) is 4.92. The van der Waals surface area contributed by atoms with Gasteiger partial charge in [-0.15, -0.1) is 0 Å². The number of amides is 1. The number of hydrogen-bond acceptors (Lipinski definition) is 3. The van der Waals surface area contributed by atoms with E-state index in [1.165, 1.54) is 5.56 Å². The highest BCUT2D eigenvalue weighted by Crippen LogP contribution is 2.26. The van der Waals surface area contributed by atoms with Crippen molar-refractivity contribution < 1.29 is 9.59 Å². The summed E-state index contributed by atoms with van der Waals surface area (Å²) in [6, 6.07) is 7.99. The molecule has 1 fully saturated rings. The van der Waals surface area contributed by atoms with Crippen LogP contribution in [0.2, 0.25) is 0 Å². The zero-order valence-corrected chi connectivity index (χ0v) is 13.3. The lowest BCUT2D eigenvalue weighted by atomic mass is 9.82. The number of aryl methyl sites for hydroxylation is 1. The Labute approximate surface area is 132 Å². The van der Waals surface area contributed by atoms with E-state index in [4.69, 9.17) is 0 Å². The van der Waals surface area contributed by atoms with Gasteiger partial charge >= 0.3 is 0 Å². The van der Waals surface area contributed by atoms with Gasteiger partial charge in [-0.05, 0) is 18.4 Å². The maximum atomic E-state index is 12.6. The molecule has 3 rings (SSSR count). The van der Waals surface area contributed by atoms with Gasteiger partial charge in [0.1, 0.15) is 0 Å². The molecule has 1 atom stereocenters. The lowest BCUT2D eigenvalue weighted by molar-refractivity contribution is -0.132. The Balaban J connectivity index is 1.57. The Morgan fingerprint density at radius 3 is 2.64 bits per heavy atom. The minimum Gasteiger partial charge on any atom is -0.340 e. The van der Waals surface area contributed by atoms with Crippen LogP contribution in [0, 0.1) is 5.92 Å². The van der Waals surface area contributed by atoms with Gasteiger partial charge in [0, 0.05) is 50.6 Å². The quantitative estimate of drug-likeness (QED) is 0.857. The molecule has 0 spiro atoms. The molecule has 1 saturated heterocycles. The first-order chi connectivity index (χ1) is 10.7. The number of Topliss-reactive ketones (excluding diaryl/α,β-unsaturated/α-hetero) is 1. The van der Waals surface area contributed by atoms with E-state index in [9.17, 15) is 9.59 Å². The summed E-state index contributed by atoms with van der Waals surface area (Å²) in [6.45, 7) is 6.11. The summed E-state index contributed by atoms with van der Waals surface area (Å²) in [7, 11) is 0. The Morgan fingerprint density at radius 2 is 1.91 bits per heavy atom. The van der Waals surface area contributed by atoms with Crippen molar-refractivity contribution in [3.63, 3.8) is 0 Å². The zero-order chi connectivity index (χ0) is 15.5. The summed E-state index contributed by atoms with van der Waals surface area (Å²) in [4.78, 5) is 28.6. The average molecular weight is 300 g/mol. The molecule has 0 saturated carbocycles. The number of piperazine rings is 1. The number of nitrogens with zero attached hydrogens (tertiary/aromatic N) is 2. The summed E-state index contributed by atoms with van der Waals surface area (Å²) in [5, 5.41) is 0. The van der Waals surface area contributed by atoms with Crippen LogP contribution < -0.4 is 0 Å². The Morgan fingerprint density at radius 1 is 1.18 bits per heavy atom. The molecule has 0 aromatic heterocycles. The minimum atomic E-state index is 0.114. The van der Waals surface area contributed by atoms with E-state index in [2.05, 4.69) is 11.0 Å². The van der Waals surface area contributed by atoms with Crippen molar-refractivity contribution in [1.82, 2.24) is 9.80 Å². The van der Waals surface area contributed by atoms with Crippen molar-refractivity contribution in [2.24, 2.45) is 5.92 Å². The monoisotopic (exact) mass is 300 g/mol. The van der Waals surface area contributed by atoms with Crippen LogP contribution in [0.15, 0.2) is 24.3 Å². The summed E-state index contributed by atoms with van der Waals surface area (Å²) in [6.07, 6.45) is 2.53. The van der Waals surface area contributed by atoms with Gasteiger partial charge in [-0.2, -0.15) is 0 Å². The topological polar surface area (TPSA) is 40.6 Å². The van der Waals surface area contributed by atoms with E-state index < -0.39 is 0 Å². The van der Waals surface area contributed by atoms with Crippen molar-refractivity contribution in [3.8, 4) is 0 Å². The molecule has 118 valence electrons. The second kappa shape index (κ2) is 6.61. The van der Waals surface area contributed by atoms with Crippen molar-refractivity contribution in [1.29, 1.82) is 0 Å². The minimum absolute atomic E-state index is 0.114. The number of ketones is 1. The third-order valence-electron chi connectivity index (χ3n) is 4.92. The molecule has 4 nitrogen and oxygen atoms in total. The smallest absolute Gasteiger partial charge is 0.222 e. The van der Waals surface area contributed by atoms with Gasteiger partial charge in [0.25, 0.3) is 0 Å². The molecule has 1 heterocycles. The van der Waals surface area contributed by atoms with Crippen LogP contribution in [0.25, 0.3) is 0 Å². The Hall–Kier alpha value is -1.68. The number of benzene rings is 1. The third kappa shape index (κ3) is 3.07. The molecule has 1 aliphatic carbocycles. The first-order valence-electron chi connectivity index (χ1n) is 8.31. The molecule has 22 heavy (non-hydrogen) atoms. The fraction of sp³-hybridized carbons (Fsp3) is 0.556. The lowest BCUT2D eigenvalue weighted by Gasteiger charge is -2.37. The highest BCUT2D eigenvalue weighted by atomic mass is 16.2. The molecular formula is C18H24N2O2. The number of hydrogen-bond donors (Lipinski definition) is 0. The molecule has 0 N–H and O–H groups in total. The fourth-order valence-electron chi connectivity index (χ4n) is 3.55. The second-order valence-corrected chi connectivity index (χ2v) is 6.29. The van der Waals surface area contributed by atoms with Crippen molar-refractivity contribution in [3.05, 3.63) is 35.4 Å². The summed E-state index contributed by atoms with van der Waals surface area (Å²) < 4.78 is 0. The van der Waals surface area contributed by atoms with Crippen LogP contribution in [-0.4, -0.2) is 54.2 Å². The van der Waals surface area contributed by atoms with Gasteiger partial charge in [-0.1, -0.05) is 31.2 Å². The van der Waals surface area contributed by atoms with Gasteiger partial charge < -0.3 is 4.90 Å². The van der Waals surface area contributed by atoms with Crippen molar-refractivity contribution in [2.45, 2.75) is 26.2 Å². The maximum Gasteiger partial charge on any atom is 0.222 e. The summed E-state index contributed by atoms with van der Waals surface area (Å²) in [5.74, 6) is 0.652. The molecule has 4 heteroatoms. The number of rotatable bonds is 3. The molecule has 1 amide bonds. The van der Waals surface area contributed by atoms with Crippen molar-refractivity contribution in [2.75, 3.05) is 32.7 Å². The highest BCUT2D eigenvalue weighted by molar-refractivity contribution is 6.00. The number of carbonyl (C=O) groups excluding carboxylic acids is 2. The number of carbonyl (C=O) groups is 2. The lowest BCUT2D eigenvalue weighted by Crippen LogP contribution is -2.50. The molecule has 0 bridgehead atoms. The standard InChI is InChI=1S/C18H24N2O2/c1-2-17(21)20-11-9-19(10-12-20)13-15-8-7-14-5-3-4-6-16(14)18(15)22/h3-6,15H,2,7-13H2,1H3. The largest absolute Gasteiger partial charge is 0.340 e. The molecule has 1 aromatic carbocycles. The SMILES string of the molecule is CCC(=O)N1CCN(CC2CCc3ccccc3C2=O)CC1. The molecular weight excluding hydrogens is 276 g/mol. The maximum absolute atomic E-state index is 12.6. The Bertz CT molecular complexity index is 562. The van der Waals surface area contributed by atoms with E-state index >= 15 is 0 Å².